The van der Waals surface area contributed by atoms with Gasteiger partial charge in [0, 0.05) is 18.9 Å². The van der Waals surface area contributed by atoms with Crippen molar-refractivity contribution in [3.05, 3.63) is 29.3 Å². The molecule has 0 unspecified atom stereocenters. The molecule has 1 aromatic rings. The van der Waals surface area contributed by atoms with Crippen LogP contribution in [0.15, 0.2) is 18.2 Å². The highest BCUT2D eigenvalue weighted by Crippen LogP contribution is 2.15. The Morgan fingerprint density at radius 2 is 1.52 bits per heavy atom. The summed E-state index contributed by atoms with van der Waals surface area (Å²) in [7, 11) is 0. The lowest BCUT2D eigenvalue weighted by Gasteiger charge is -2.05. The van der Waals surface area contributed by atoms with Gasteiger partial charge in [0.05, 0.1) is 5.56 Å². The number of nitrogen functional groups attached to an aromatic ring is 1. The molecule has 1 aromatic carbocycles. The second-order valence-corrected chi connectivity index (χ2v) is 5.54. The quantitative estimate of drug-likeness (QED) is 0.390. The van der Waals surface area contributed by atoms with Crippen LogP contribution in [0.2, 0.25) is 0 Å². The Hall–Kier alpha value is -1.59. The second-order valence-electron chi connectivity index (χ2n) is 5.54. The molecule has 0 atom stereocenters. The van der Waals surface area contributed by atoms with Crippen LogP contribution in [-0.4, -0.2) is 34.5 Å². The number of carbonyl (C=O) groups is 1. The molecule has 0 bridgehead atoms. The van der Waals surface area contributed by atoms with Crippen LogP contribution in [0.25, 0.3) is 0 Å². The van der Waals surface area contributed by atoms with E-state index in [2.05, 4.69) is 0 Å². The summed E-state index contributed by atoms with van der Waals surface area (Å²) < 4.78 is 0. The van der Waals surface area contributed by atoms with Crippen molar-refractivity contribution in [3.63, 3.8) is 0 Å². The standard InChI is InChI=1S/C10H13NO2.C8H18O2/c1-2-3-7-6-8(11)4-5-9(7)10(12)13;9-7-5-3-1-2-4-6-8-10/h4-6H,2-3,11H2,1H3,(H,12,13);9-10H,1-8H2. The summed E-state index contributed by atoms with van der Waals surface area (Å²) >= 11 is 0. The third kappa shape index (κ3) is 10.7. The fraction of sp³-hybridized carbons (Fsp3) is 0.611. The van der Waals surface area contributed by atoms with E-state index in [0.717, 1.165) is 44.1 Å². The maximum absolute atomic E-state index is 10.8. The van der Waals surface area contributed by atoms with Gasteiger partial charge >= 0.3 is 5.97 Å². The number of unbranched alkanes of at least 4 members (excludes halogenated alkanes) is 5. The van der Waals surface area contributed by atoms with E-state index < -0.39 is 5.97 Å². The van der Waals surface area contributed by atoms with Crippen molar-refractivity contribution in [3.8, 4) is 0 Å². The molecular formula is C18H31NO4. The Morgan fingerprint density at radius 1 is 1.00 bits per heavy atom. The molecule has 0 aliphatic heterocycles. The zero-order valence-electron chi connectivity index (χ0n) is 14.1. The van der Waals surface area contributed by atoms with E-state index in [-0.39, 0.29) is 0 Å². The Balaban J connectivity index is 0.000000438. The summed E-state index contributed by atoms with van der Waals surface area (Å²) in [5.41, 5.74) is 7.36. The predicted octanol–water partition coefficient (Wildman–Crippen LogP) is 3.23. The van der Waals surface area contributed by atoms with Gasteiger partial charge in [-0.05, 0) is 43.0 Å². The van der Waals surface area contributed by atoms with Crippen LogP contribution < -0.4 is 5.73 Å². The van der Waals surface area contributed by atoms with Crippen molar-refractivity contribution in [2.45, 2.75) is 58.3 Å². The third-order valence-electron chi connectivity index (χ3n) is 3.45. The highest BCUT2D eigenvalue weighted by molar-refractivity contribution is 5.89. The zero-order valence-corrected chi connectivity index (χ0v) is 14.1. The summed E-state index contributed by atoms with van der Waals surface area (Å²) in [5.74, 6) is -0.886. The smallest absolute Gasteiger partial charge is 0.335 e. The molecule has 0 saturated carbocycles. The Morgan fingerprint density at radius 3 is 1.96 bits per heavy atom. The number of aromatic carboxylic acids is 1. The number of anilines is 1. The molecule has 5 nitrogen and oxygen atoms in total. The molecule has 5 N–H and O–H groups in total. The molecule has 23 heavy (non-hydrogen) atoms. The maximum atomic E-state index is 10.8. The van der Waals surface area contributed by atoms with Crippen LogP contribution in [0.1, 0.15) is 67.8 Å². The lowest BCUT2D eigenvalue weighted by Crippen LogP contribution is -2.03. The number of hydrogen-bond acceptors (Lipinski definition) is 4. The summed E-state index contributed by atoms with van der Waals surface area (Å²) in [6.45, 7) is 2.65. The Labute approximate surface area is 139 Å². The molecule has 0 aromatic heterocycles. The topological polar surface area (TPSA) is 104 Å². The van der Waals surface area contributed by atoms with E-state index in [4.69, 9.17) is 21.1 Å². The van der Waals surface area contributed by atoms with E-state index >= 15 is 0 Å². The van der Waals surface area contributed by atoms with Gasteiger partial charge in [0.15, 0.2) is 0 Å². The van der Waals surface area contributed by atoms with Crippen molar-refractivity contribution < 1.29 is 20.1 Å². The molecule has 5 heteroatoms. The molecule has 132 valence electrons. The van der Waals surface area contributed by atoms with Crippen LogP contribution >= 0.6 is 0 Å². The number of benzene rings is 1. The minimum atomic E-state index is -0.886. The molecular weight excluding hydrogens is 294 g/mol. The monoisotopic (exact) mass is 325 g/mol. The minimum Gasteiger partial charge on any atom is -0.478 e. The molecule has 0 amide bonds. The normalized spacial score (nSPS) is 10.0. The third-order valence-corrected chi connectivity index (χ3v) is 3.45. The van der Waals surface area contributed by atoms with E-state index in [0.29, 0.717) is 24.5 Å². The maximum Gasteiger partial charge on any atom is 0.335 e. The van der Waals surface area contributed by atoms with E-state index in [1.165, 1.54) is 12.8 Å². The number of aliphatic hydroxyl groups is 2. The average Bonchev–Trinajstić information content (AvgIpc) is 2.51. The summed E-state index contributed by atoms with van der Waals surface area (Å²) in [4.78, 5) is 10.8. The fourth-order valence-corrected chi connectivity index (χ4v) is 2.23. The van der Waals surface area contributed by atoms with Gasteiger partial charge < -0.3 is 21.1 Å². The van der Waals surface area contributed by atoms with E-state index in [1.807, 2.05) is 6.92 Å². The van der Waals surface area contributed by atoms with Gasteiger partial charge in [-0.3, -0.25) is 0 Å². The number of aliphatic hydroxyl groups excluding tert-OH is 2. The molecule has 0 aliphatic carbocycles. The fourth-order valence-electron chi connectivity index (χ4n) is 2.23. The van der Waals surface area contributed by atoms with E-state index in [9.17, 15) is 4.79 Å². The molecule has 0 radical (unpaired) electrons. The zero-order chi connectivity index (χ0) is 17.5. The molecule has 0 spiro atoms. The second kappa shape index (κ2) is 14.0. The summed E-state index contributed by atoms with van der Waals surface area (Å²) in [6.07, 6.45) is 8.18. The Kier molecular flexibility index (Phi) is 13.1. The molecule has 1 rings (SSSR count). The first kappa shape index (κ1) is 21.4. The van der Waals surface area contributed by atoms with Crippen molar-refractivity contribution >= 4 is 11.7 Å². The van der Waals surface area contributed by atoms with Crippen LogP contribution in [0.3, 0.4) is 0 Å². The molecule has 0 aliphatic rings. The van der Waals surface area contributed by atoms with Crippen molar-refractivity contribution in [1.82, 2.24) is 0 Å². The van der Waals surface area contributed by atoms with Gasteiger partial charge in [0.1, 0.15) is 0 Å². The lowest BCUT2D eigenvalue weighted by atomic mass is 10.0. The predicted molar refractivity (Wildman–Crippen MR) is 93.7 cm³/mol. The van der Waals surface area contributed by atoms with Crippen LogP contribution in [0.4, 0.5) is 5.69 Å². The van der Waals surface area contributed by atoms with E-state index in [1.54, 1.807) is 18.2 Å². The largest absolute Gasteiger partial charge is 0.478 e. The number of aryl methyl sites for hydroxylation is 1. The number of carboxylic acid groups (broad SMARTS) is 1. The van der Waals surface area contributed by atoms with Crippen LogP contribution in [0.5, 0.6) is 0 Å². The first-order valence-electron chi connectivity index (χ1n) is 8.40. The first-order chi connectivity index (χ1) is 11.1. The van der Waals surface area contributed by atoms with Crippen LogP contribution in [-0.2, 0) is 6.42 Å². The van der Waals surface area contributed by atoms with Gasteiger partial charge in [-0.1, -0.05) is 39.0 Å². The number of carboxylic acids is 1. The van der Waals surface area contributed by atoms with Crippen molar-refractivity contribution in [2.75, 3.05) is 18.9 Å². The first-order valence-corrected chi connectivity index (χ1v) is 8.40. The summed E-state index contributed by atoms with van der Waals surface area (Å²) in [6, 6.07) is 4.90. The van der Waals surface area contributed by atoms with Crippen LogP contribution in [0, 0.1) is 0 Å². The number of hydrogen-bond donors (Lipinski definition) is 4. The molecule has 0 heterocycles. The van der Waals surface area contributed by atoms with Gasteiger partial charge in [-0.25, -0.2) is 4.79 Å². The number of rotatable bonds is 10. The molecule has 0 fully saturated rings. The molecule has 0 saturated heterocycles. The van der Waals surface area contributed by atoms with Crippen molar-refractivity contribution in [1.29, 1.82) is 0 Å². The average molecular weight is 325 g/mol. The van der Waals surface area contributed by atoms with Gasteiger partial charge in [-0.15, -0.1) is 0 Å². The van der Waals surface area contributed by atoms with Gasteiger partial charge in [0.25, 0.3) is 0 Å². The Bertz CT molecular complexity index is 427. The lowest BCUT2D eigenvalue weighted by molar-refractivity contribution is 0.0695. The highest BCUT2D eigenvalue weighted by Gasteiger charge is 2.08. The minimum absolute atomic E-state index is 0.319. The highest BCUT2D eigenvalue weighted by atomic mass is 16.4. The van der Waals surface area contributed by atoms with Gasteiger partial charge in [0.2, 0.25) is 0 Å². The van der Waals surface area contributed by atoms with Crippen molar-refractivity contribution in [2.24, 2.45) is 0 Å². The number of nitrogens with two attached hydrogens (primary N) is 1. The van der Waals surface area contributed by atoms with Gasteiger partial charge in [-0.2, -0.15) is 0 Å². The summed E-state index contributed by atoms with van der Waals surface area (Å²) in [5, 5.41) is 25.7. The SMILES string of the molecule is CCCc1cc(N)ccc1C(=O)O.OCCCCCCCCO.